The van der Waals surface area contributed by atoms with Crippen molar-refractivity contribution in [2.45, 2.75) is 461 Å². The highest BCUT2D eigenvalue weighted by atomic mass is 16.3. The van der Waals surface area contributed by atoms with Crippen LogP contribution in [-0.2, 0) is 0 Å². The second kappa shape index (κ2) is 46.0. The van der Waals surface area contributed by atoms with Crippen LogP contribution in [0.4, 0.5) is 0 Å². The van der Waals surface area contributed by atoms with Crippen LogP contribution in [0.25, 0.3) is 0 Å². The number of hydrogen-bond acceptors (Lipinski definition) is 13. The molecule has 12 rings (SSSR count). The molecule has 0 aromatic heterocycles. The quantitative estimate of drug-likeness (QED) is 0.0558. The van der Waals surface area contributed by atoms with E-state index in [2.05, 4.69) is 146 Å². The van der Waals surface area contributed by atoms with Gasteiger partial charge in [-0.2, -0.15) is 0 Å². The van der Waals surface area contributed by atoms with E-state index in [-0.39, 0.29) is 17.2 Å². The van der Waals surface area contributed by atoms with Gasteiger partial charge in [0.05, 0.1) is 6.10 Å². The van der Waals surface area contributed by atoms with E-state index in [4.69, 9.17) is 11.5 Å². The third kappa shape index (κ3) is 22.7. The first-order chi connectivity index (χ1) is 50.4. The van der Waals surface area contributed by atoms with E-state index in [1.165, 1.54) is 362 Å². The van der Waals surface area contributed by atoms with Crippen LogP contribution in [0.15, 0.2) is 0 Å². The number of likely N-dealkylation sites (N-methyl/N-ethyl adjacent to an activating group) is 6. The standard InChI is InChI=1S/C19H38N2.C17H36N2.C16H30N2.C16H32N2.C13H24N2.C10H22N2O/c1-4-7-13-19(14-8-5-2,21-16-9-10-17-21)18-12-11-15-20(18)6-3;1-5-9-10-11-12-15-13-14-16(19(15)8-4)17(18,6-2)7-3;1-2-17-12-8-9-15(17)16(10-4-3-5-11-16)18-13-6-7-14-18;1-4-16(5-2,18-13-8-7-9-14-18)15-11-10-12-17(15)6-3;1-2-14-9-5-6-12(14)13(7-8-13)15-10-3-4-11-15;1-4-10(11,5-2)9-6-8(13)7-12(9)3/h18H,4-17H2,1-3H3;15-16H,5-14,18H2,1-4H3;15H,2-14H2,1H3;15H,4-14H2,1-3H3;12H,2-11H2,1H3;8-9,13H,4-7,11H2,1-3H3. The van der Waals surface area contributed by atoms with Gasteiger partial charge in [-0.25, -0.2) is 0 Å². The fourth-order valence-corrected chi connectivity index (χ4v) is 24.7. The lowest BCUT2D eigenvalue weighted by atomic mass is 9.74. The lowest BCUT2D eigenvalue weighted by Gasteiger charge is -2.51. The molecule has 12 aliphatic rings. The Morgan fingerprint density at radius 1 is 0.356 bits per heavy atom. The number of aliphatic hydroxyl groups is 1. The smallest absolute Gasteiger partial charge is 0.0682 e. The van der Waals surface area contributed by atoms with Gasteiger partial charge >= 0.3 is 0 Å². The van der Waals surface area contributed by atoms with Crippen LogP contribution in [0.5, 0.6) is 0 Å². The summed E-state index contributed by atoms with van der Waals surface area (Å²) in [7, 11) is 2.05. The SMILES string of the molecule is CCC(N)(CC)C1CC(O)CN1C.CCCCC(CCCC)(C1CCCN1CC)N1CCCC1.CCCCCCC1CCC(C(N)(CC)CC)N1CC.CCN1CCCC1C(CC)(CC)N1CCCCC1.CCN1CCCC1C1(N2CCCC2)CC1.CCN1CCCC1C1(N2CCCC2)CCCCC1. The average molecular weight is 1460 g/mol. The van der Waals surface area contributed by atoms with E-state index in [1.807, 2.05) is 7.05 Å². The number of β-amino-alcohol motifs (C(OH)–C–C–N with tert-alkyl or cyclic N) is 1. The summed E-state index contributed by atoms with van der Waals surface area (Å²) in [5, 5.41) is 9.53. The van der Waals surface area contributed by atoms with Crippen molar-refractivity contribution in [3.05, 3.63) is 0 Å². The number of nitrogens with two attached hydrogens (primary N) is 2. The monoisotopic (exact) mass is 1460 g/mol. The molecule has 2 saturated carbocycles. The zero-order valence-corrected chi connectivity index (χ0v) is 72.5. The maximum Gasteiger partial charge on any atom is 0.0682 e. The molecule has 0 aromatic rings. The van der Waals surface area contributed by atoms with Gasteiger partial charge in [-0.15, -0.1) is 0 Å². The Morgan fingerprint density at radius 3 is 1.17 bits per heavy atom. The molecule has 0 spiro atoms. The Morgan fingerprint density at radius 2 is 0.760 bits per heavy atom. The fourth-order valence-electron chi connectivity index (χ4n) is 24.7. The molecule has 0 aromatic carbocycles. The Bertz CT molecular complexity index is 2200. The van der Waals surface area contributed by atoms with Gasteiger partial charge in [-0.3, -0.25) is 49.0 Å². The zero-order valence-electron chi connectivity index (χ0n) is 72.5. The summed E-state index contributed by atoms with van der Waals surface area (Å²) in [5.74, 6) is 0. The van der Waals surface area contributed by atoms with Crippen molar-refractivity contribution in [3.8, 4) is 0 Å². The van der Waals surface area contributed by atoms with Crippen molar-refractivity contribution in [3.63, 3.8) is 0 Å². The van der Waals surface area contributed by atoms with Gasteiger partial charge in [0.1, 0.15) is 0 Å². The maximum absolute atomic E-state index is 9.53. The highest BCUT2D eigenvalue weighted by Crippen LogP contribution is 2.51. The summed E-state index contributed by atoms with van der Waals surface area (Å²) in [5.41, 5.74) is 15.1. The number of rotatable bonds is 32. The lowest BCUT2D eigenvalue weighted by molar-refractivity contribution is -0.00670. The molecule has 8 unspecified atom stereocenters. The largest absolute Gasteiger partial charge is 0.392 e. The van der Waals surface area contributed by atoms with Crippen LogP contribution < -0.4 is 11.5 Å². The van der Waals surface area contributed by atoms with E-state index < -0.39 is 0 Å². The minimum atomic E-state index is -0.184. The first-order valence-corrected chi connectivity index (χ1v) is 47.1. The third-order valence-corrected chi connectivity index (χ3v) is 31.3. The number of unbranched alkanes of at least 4 members (excludes halogenated alkanes) is 5. The van der Waals surface area contributed by atoms with Gasteiger partial charge in [0.2, 0.25) is 0 Å². The molecule has 10 heterocycles. The van der Waals surface area contributed by atoms with Crippen LogP contribution in [0.1, 0.15) is 379 Å². The molecular weight excluding hydrogens is 1280 g/mol. The summed E-state index contributed by atoms with van der Waals surface area (Å²) in [4.78, 5) is 27.5. The normalized spacial score (nSPS) is 29.5. The van der Waals surface area contributed by atoms with Crippen LogP contribution in [0, 0.1) is 0 Å². The van der Waals surface area contributed by atoms with E-state index in [9.17, 15) is 5.11 Å². The van der Waals surface area contributed by atoms with Gasteiger partial charge in [-0.1, -0.05) is 174 Å². The van der Waals surface area contributed by atoms with E-state index in [0.717, 1.165) is 68.9 Å². The molecule has 8 atom stereocenters. The molecular formula is C91H182N12O. The number of aliphatic hydroxyl groups excluding tert-OH is 1. The Hall–Kier alpha value is -0.520. The minimum Gasteiger partial charge on any atom is -0.392 e. The summed E-state index contributed by atoms with van der Waals surface area (Å²) < 4.78 is 0. The van der Waals surface area contributed by atoms with Gasteiger partial charge in [0.15, 0.2) is 0 Å². The second-order valence-corrected chi connectivity index (χ2v) is 36.3. The van der Waals surface area contributed by atoms with Gasteiger partial charge in [0.25, 0.3) is 0 Å². The fraction of sp³-hybridized carbons (Fsp3) is 1.00. The third-order valence-electron chi connectivity index (χ3n) is 31.3. The molecule has 10 aliphatic heterocycles. The van der Waals surface area contributed by atoms with E-state index in [1.54, 1.807) is 0 Å². The summed E-state index contributed by atoms with van der Waals surface area (Å²) in [6.07, 6.45) is 60.2. The molecule has 10 saturated heterocycles. The molecule has 0 radical (unpaired) electrons. The molecule has 13 nitrogen and oxygen atoms in total. The first kappa shape index (κ1) is 90.7. The molecule has 0 amide bonds. The summed E-state index contributed by atoms with van der Waals surface area (Å²) in [6, 6.07) is 5.19. The zero-order chi connectivity index (χ0) is 75.2. The molecule has 612 valence electrons. The average Bonchev–Trinajstić information content (AvgIpc) is 1.57. The Kier molecular flexibility index (Phi) is 40.1. The van der Waals surface area contributed by atoms with Crippen LogP contribution >= 0.6 is 0 Å². The number of piperidine rings is 1. The van der Waals surface area contributed by atoms with Crippen molar-refractivity contribution in [1.29, 1.82) is 0 Å². The maximum atomic E-state index is 9.53. The molecule has 12 fully saturated rings. The van der Waals surface area contributed by atoms with Gasteiger partial charge < -0.3 is 16.6 Å². The van der Waals surface area contributed by atoms with Crippen LogP contribution in [0.2, 0.25) is 0 Å². The highest BCUT2D eigenvalue weighted by Gasteiger charge is 2.57. The molecule has 0 bridgehead atoms. The van der Waals surface area contributed by atoms with Gasteiger partial charge in [-0.05, 0) is 324 Å². The molecule has 5 N–H and O–H groups in total. The first-order valence-electron chi connectivity index (χ1n) is 47.1. The predicted octanol–water partition coefficient (Wildman–Crippen LogP) is 18.5. The molecule has 13 heteroatoms. The van der Waals surface area contributed by atoms with Crippen molar-refractivity contribution < 1.29 is 5.11 Å². The lowest BCUT2D eigenvalue weighted by Crippen LogP contribution is -2.61. The predicted molar refractivity (Wildman–Crippen MR) is 452 cm³/mol. The topological polar surface area (TPSA) is 105 Å². The Labute approximate surface area is 648 Å². The van der Waals surface area contributed by atoms with Crippen molar-refractivity contribution in [2.75, 3.05) is 125 Å². The summed E-state index contributed by atoms with van der Waals surface area (Å²) in [6.45, 7) is 55.6. The minimum absolute atomic E-state index is 0.0359. The van der Waals surface area contributed by atoms with Crippen LogP contribution in [-0.4, -0.2) is 261 Å². The number of likely N-dealkylation sites (tertiary alicyclic amines) is 10. The summed E-state index contributed by atoms with van der Waals surface area (Å²) >= 11 is 0. The van der Waals surface area contributed by atoms with Crippen molar-refractivity contribution in [1.82, 2.24) is 49.0 Å². The van der Waals surface area contributed by atoms with Gasteiger partial charge in [0, 0.05) is 82.1 Å². The van der Waals surface area contributed by atoms with E-state index >= 15 is 0 Å². The molecule has 2 aliphatic carbocycles. The van der Waals surface area contributed by atoms with Crippen molar-refractivity contribution >= 4 is 0 Å². The number of hydrogen-bond donors (Lipinski definition) is 3. The molecule has 104 heavy (non-hydrogen) atoms. The van der Waals surface area contributed by atoms with Crippen molar-refractivity contribution in [2.24, 2.45) is 11.5 Å². The number of nitrogens with zero attached hydrogens (tertiary/aromatic N) is 10. The van der Waals surface area contributed by atoms with Crippen LogP contribution in [0.3, 0.4) is 0 Å². The van der Waals surface area contributed by atoms with E-state index in [0.29, 0.717) is 34.2 Å². The Balaban J connectivity index is 0.000000175. The highest BCUT2D eigenvalue weighted by molar-refractivity contribution is 5.15. The second-order valence-electron chi connectivity index (χ2n) is 36.3.